The van der Waals surface area contributed by atoms with Gasteiger partial charge in [-0.1, -0.05) is 37.2 Å². The molecule has 4 heteroatoms. The van der Waals surface area contributed by atoms with Gasteiger partial charge < -0.3 is 10.9 Å². The highest BCUT2D eigenvalue weighted by atomic mass is 32.2. The number of nitrogens with zero attached hydrogens (tertiary/aromatic N) is 1. The van der Waals surface area contributed by atoms with Crippen LogP contribution in [0, 0.1) is 5.41 Å². The highest BCUT2D eigenvalue weighted by molar-refractivity contribution is 7.99. The van der Waals surface area contributed by atoms with Crippen LogP contribution in [0.15, 0.2) is 40.4 Å². The second-order valence-corrected chi connectivity index (χ2v) is 5.45. The molecule has 0 saturated carbocycles. The lowest BCUT2D eigenvalue weighted by molar-refractivity contribution is 0.307. The molecule has 1 rings (SSSR count). The van der Waals surface area contributed by atoms with Gasteiger partial charge in [-0.25, -0.2) is 0 Å². The van der Waals surface area contributed by atoms with Gasteiger partial charge in [-0.3, -0.25) is 0 Å². The number of hydrogen-bond acceptors (Lipinski definition) is 3. The molecule has 0 aliphatic heterocycles. The Morgan fingerprint density at radius 2 is 2.00 bits per heavy atom. The molecular formula is C12H18N2OS. The van der Waals surface area contributed by atoms with E-state index in [9.17, 15) is 0 Å². The van der Waals surface area contributed by atoms with Crippen LogP contribution in [0.2, 0.25) is 0 Å². The lowest BCUT2D eigenvalue weighted by Gasteiger charge is -2.22. The van der Waals surface area contributed by atoms with Gasteiger partial charge in [0.1, 0.15) is 5.84 Å². The fourth-order valence-electron chi connectivity index (χ4n) is 1.20. The number of amidine groups is 1. The minimum absolute atomic E-state index is 0.253. The Balaban J connectivity index is 2.42. The summed E-state index contributed by atoms with van der Waals surface area (Å²) in [5.74, 6) is 1.24. The van der Waals surface area contributed by atoms with E-state index >= 15 is 0 Å². The Morgan fingerprint density at radius 3 is 2.56 bits per heavy atom. The average Bonchev–Trinajstić information content (AvgIpc) is 2.29. The van der Waals surface area contributed by atoms with Gasteiger partial charge in [-0.15, -0.1) is 11.8 Å². The molecular weight excluding hydrogens is 220 g/mol. The normalized spacial score (nSPS) is 12.8. The van der Waals surface area contributed by atoms with Crippen molar-refractivity contribution in [3.63, 3.8) is 0 Å². The lowest BCUT2D eigenvalue weighted by atomic mass is 9.89. The molecule has 0 unspecified atom stereocenters. The molecule has 16 heavy (non-hydrogen) atoms. The minimum atomic E-state index is -0.253. The van der Waals surface area contributed by atoms with Crippen LogP contribution in [0.3, 0.4) is 0 Å². The monoisotopic (exact) mass is 238 g/mol. The third kappa shape index (κ3) is 3.77. The van der Waals surface area contributed by atoms with E-state index in [1.54, 1.807) is 11.8 Å². The third-order valence-electron chi connectivity index (χ3n) is 2.54. The van der Waals surface area contributed by atoms with Crippen molar-refractivity contribution >= 4 is 17.6 Å². The summed E-state index contributed by atoms with van der Waals surface area (Å²) in [7, 11) is 0. The zero-order chi connectivity index (χ0) is 12.0. The van der Waals surface area contributed by atoms with E-state index in [2.05, 4.69) is 17.3 Å². The predicted octanol–water partition coefficient (Wildman–Crippen LogP) is 2.94. The number of thioether (sulfide) groups is 1. The van der Waals surface area contributed by atoms with Gasteiger partial charge in [0.15, 0.2) is 0 Å². The van der Waals surface area contributed by atoms with Crippen molar-refractivity contribution in [1.29, 1.82) is 0 Å². The van der Waals surface area contributed by atoms with Crippen LogP contribution >= 0.6 is 11.8 Å². The predicted molar refractivity (Wildman–Crippen MR) is 69.0 cm³/mol. The molecule has 1 aromatic carbocycles. The van der Waals surface area contributed by atoms with Crippen molar-refractivity contribution in [3.05, 3.63) is 30.3 Å². The average molecular weight is 238 g/mol. The maximum atomic E-state index is 8.64. The van der Waals surface area contributed by atoms with Crippen molar-refractivity contribution in [2.75, 3.05) is 5.75 Å². The van der Waals surface area contributed by atoms with Crippen LogP contribution in [0.4, 0.5) is 0 Å². The van der Waals surface area contributed by atoms with Crippen molar-refractivity contribution in [1.82, 2.24) is 0 Å². The van der Waals surface area contributed by atoms with Crippen LogP contribution < -0.4 is 5.73 Å². The van der Waals surface area contributed by atoms with E-state index in [4.69, 9.17) is 10.9 Å². The molecule has 3 nitrogen and oxygen atoms in total. The molecule has 0 aromatic heterocycles. The summed E-state index contributed by atoms with van der Waals surface area (Å²) >= 11 is 1.78. The van der Waals surface area contributed by atoms with Crippen molar-refractivity contribution in [2.24, 2.45) is 16.3 Å². The molecule has 1 aromatic rings. The van der Waals surface area contributed by atoms with E-state index in [1.165, 1.54) is 4.90 Å². The van der Waals surface area contributed by atoms with Gasteiger partial charge in [0.05, 0.1) is 0 Å². The molecule has 0 saturated heterocycles. The fraction of sp³-hybridized carbons (Fsp3) is 0.417. The van der Waals surface area contributed by atoms with Crippen LogP contribution in [0.1, 0.15) is 20.3 Å². The van der Waals surface area contributed by atoms with Crippen molar-refractivity contribution in [3.8, 4) is 0 Å². The highest BCUT2D eigenvalue weighted by Gasteiger charge is 2.22. The Kier molecular flexibility index (Phi) is 4.68. The Hall–Kier alpha value is -1.16. The second kappa shape index (κ2) is 5.80. The first kappa shape index (κ1) is 12.9. The first-order valence-corrected chi connectivity index (χ1v) is 6.20. The van der Waals surface area contributed by atoms with Gasteiger partial charge in [0.2, 0.25) is 0 Å². The highest BCUT2D eigenvalue weighted by Crippen LogP contribution is 2.26. The SMILES string of the molecule is CC(C)(CCSc1ccccc1)C(N)=NO. The van der Waals surface area contributed by atoms with Gasteiger partial charge in [0.25, 0.3) is 0 Å². The summed E-state index contributed by atoms with van der Waals surface area (Å²) in [6, 6.07) is 10.2. The van der Waals surface area contributed by atoms with Crippen molar-refractivity contribution < 1.29 is 5.21 Å². The fourth-order valence-corrected chi connectivity index (χ4v) is 2.40. The number of rotatable bonds is 5. The summed E-state index contributed by atoms with van der Waals surface area (Å²) in [6.45, 7) is 3.96. The molecule has 0 fully saturated rings. The molecule has 0 amide bonds. The van der Waals surface area contributed by atoms with Crippen LogP contribution in [0.25, 0.3) is 0 Å². The maximum Gasteiger partial charge on any atom is 0.144 e. The van der Waals surface area contributed by atoms with E-state index < -0.39 is 0 Å². The lowest BCUT2D eigenvalue weighted by Crippen LogP contribution is -2.32. The summed E-state index contributed by atoms with van der Waals surface area (Å²) in [4.78, 5) is 1.25. The second-order valence-electron chi connectivity index (χ2n) is 4.28. The molecule has 0 bridgehead atoms. The zero-order valence-corrected chi connectivity index (χ0v) is 10.5. The molecule has 3 N–H and O–H groups in total. The zero-order valence-electron chi connectivity index (χ0n) is 9.68. The van der Waals surface area contributed by atoms with Crippen molar-refractivity contribution in [2.45, 2.75) is 25.2 Å². The van der Waals surface area contributed by atoms with Gasteiger partial charge in [0, 0.05) is 10.3 Å². The molecule has 0 atom stereocenters. The number of benzene rings is 1. The van der Waals surface area contributed by atoms with E-state index in [1.807, 2.05) is 32.0 Å². The van der Waals surface area contributed by atoms with Gasteiger partial charge in [-0.05, 0) is 24.3 Å². The molecule has 0 aliphatic carbocycles. The van der Waals surface area contributed by atoms with Crippen LogP contribution in [0.5, 0.6) is 0 Å². The Labute approximate surface area is 101 Å². The Morgan fingerprint density at radius 1 is 1.38 bits per heavy atom. The van der Waals surface area contributed by atoms with E-state index in [0.717, 1.165) is 12.2 Å². The number of nitrogens with two attached hydrogens (primary N) is 1. The largest absolute Gasteiger partial charge is 0.409 e. The number of oxime groups is 1. The van der Waals surface area contributed by atoms with Gasteiger partial charge in [-0.2, -0.15) is 0 Å². The first-order chi connectivity index (χ1) is 7.56. The van der Waals surface area contributed by atoms with Crippen LogP contribution in [-0.2, 0) is 0 Å². The van der Waals surface area contributed by atoms with Crippen LogP contribution in [-0.4, -0.2) is 16.8 Å². The summed E-state index contributed by atoms with van der Waals surface area (Å²) < 4.78 is 0. The Bertz CT molecular complexity index is 349. The number of hydrogen-bond donors (Lipinski definition) is 2. The summed E-state index contributed by atoms with van der Waals surface area (Å²) in [5, 5.41) is 11.7. The minimum Gasteiger partial charge on any atom is -0.409 e. The molecule has 0 aliphatic rings. The molecule has 0 radical (unpaired) electrons. The van der Waals surface area contributed by atoms with Gasteiger partial charge >= 0.3 is 0 Å². The first-order valence-electron chi connectivity index (χ1n) is 5.22. The molecule has 0 heterocycles. The third-order valence-corrected chi connectivity index (χ3v) is 3.55. The quantitative estimate of drug-likeness (QED) is 0.272. The smallest absolute Gasteiger partial charge is 0.144 e. The summed E-state index contributed by atoms with van der Waals surface area (Å²) in [6.07, 6.45) is 0.877. The summed E-state index contributed by atoms with van der Waals surface area (Å²) in [5.41, 5.74) is 5.37. The van der Waals surface area contributed by atoms with E-state index in [0.29, 0.717) is 5.84 Å². The topological polar surface area (TPSA) is 58.6 Å². The van der Waals surface area contributed by atoms with E-state index in [-0.39, 0.29) is 5.41 Å². The molecule has 88 valence electrons. The molecule has 0 spiro atoms. The maximum absolute atomic E-state index is 8.64. The standard InChI is InChI=1S/C12H18N2OS/c1-12(2,11(13)14-15)8-9-16-10-6-4-3-5-7-10/h3-7,15H,8-9H2,1-2H3,(H2,13,14).